The molecule has 30 heavy (non-hydrogen) atoms. The van der Waals surface area contributed by atoms with E-state index in [1.165, 1.54) is 23.1 Å². The normalized spacial score (nSPS) is 16.9. The lowest BCUT2D eigenvalue weighted by Gasteiger charge is -2.20. The highest BCUT2D eigenvalue weighted by Crippen LogP contribution is 2.33. The van der Waals surface area contributed by atoms with Crippen LogP contribution in [0.1, 0.15) is 52.6 Å². The number of carbonyl (C=O) groups excluding carboxylic acids is 2. The first-order chi connectivity index (χ1) is 14.1. The molecular formula is C21H25F3N4O2. The van der Waals surface area contributed by atoms with Crippen LogP contribution in [0.3, 0.4) is 0 Å². The lowest BCUT2D eigenvalue weighted by Crippen LogP contribution is -2.37. The predicted molar refractivity (Wildman–Crippen MR) is 105 cm³/mol. The molecular weight excluding hydrogens is 397 g/mol. The van der Waals surface area contributed by atoms with Crippen molar-refractivity contribution in [3.05, 3.63) is 52.3 Å². The van der Waals surface area contributed by atoms with Crippen molar-refractivity contribution in [1.29, 1.82) is 0 Å². The Morgan fingerprint density at radius 3 is 2.63 bits per heavy atom. The first-order valence-electron chi connectivity index (χ1n) is 9.89. The topological polar surface area (TPSA) is 67.2 Å². The maximum atomic E-state index is 13.2. The Kier molecular flexibility index (Phi) is 6.19. The van der Waals surface area contributed by atoms with Gasteiger partial charge < -0.3 is 10.2 Å². The van der Waals surface area contributed by atoms with Gasteiger partial charge in [0.05, 0.1) is 22.9 Å². The molecule has 2 amide bonds. The third kappa shape index (κ3) is 4.49. The second-order valence-corrected chi connectivity index (χ2v) is 7.57. The summed E-state index contributed by atoms with van der Waals surface area (Å²) in [5.74, 6) is -0.602. The molecule has 1 aliphatic rings. The molecule has 1 N–H and O–H groups in total. The van der Waals surface area contributed by atoms with Gasteiger partial charge in [0, 0.05) is 31.7 Å². The number of aromatic nitrogens is 2. The number of carbonyl (C=O) groups is 2. The molecule has 0 bridgehead atoms. The SMILES string of the molecule is CCCn1nc(C)c(C(=O)NC2CC(=O)N(Cc3ccccc3C(F)(F)F)C2)c1C. The van der Waals surface area contributed by atoms with E-state index in [4.69, 9.17) is 0 Å². The summed E-state index contributed by atoms with van der Waals surface area (Å²) in [4.78, 5) is 26.5. The smallest absolute Gasteiger partial charge is 0.347 e. The Morgan fingerprint density at radius 1 is 1.27 bits per heavy atom. The van der Waals surface area contributed by atoms with E-state index in [0.29, 0.717) is 17.8 Å². The summed E-state index contributed by atoms with van der Waals surface area (Å²) >= 11 is 0. The van der Waals surface area contributed by atoms with E-state index in [9.17, 15) is 22.8 Å². The fraction of sp³-hybridized carbons (Fsp3) is 0.476. The summed E-state index contributed by atoms with van der Waals surface area (Å²) in [6.45, 7) is 6.32. The molecule has 6 nitrogen and oxygen atoms in total. The largest absolute Gasteiger partial charge is 0.416 e. The van der Waals surface area contributed by atoms with Crippen molar-refractivity contribution in [1.82, 2.24) is 20.0 Å². The van der Waals surface area contributed by atoms with Crippen LogP contribution >= 0.6 is 0 Å². The Hall–Kier alpha value is -2.84. The van der Waals surface area contributed by atoms with Gasteiger partial charge >= 0.3 is 6.18 Å². The Bertz CT molecular complexity index is 952. The number of aryl methyl sites for hydroxylation is 2. The van der Waals surface area contributed by atoms with Crippen LogP contribution in [0.5, 0.6) is 0 Å². The number of nitrogens with one attached hydrogen (secondary N) is 1. The Labute approximate surface area is 173 Å². The van der Waals surface area contributed by atoms with E-state index in [-0.39, 0.29) is 36.9 Å². The maximum Gasteiger partial charge on any atom is 0.416 e. The van der Waals surface area contributed by atoms with Gasteiger partial charge in [-0.1, -0.05) is 25.1 Å². The number of hydrogen-bond donors (Lipinski definition) is 1. The van der Waals surface area contributed by atoms with Crippen LogP contribution in [-0.4, -0.2) is 39.1 Å². The van der Waals surface area contributed by atoms with Crippen molar-refractivity contribution in [2.24, 2.45) is 0 Å². The zero-order chi connectivity index (χ0) is 22.1. The molecule has 0 aliphatic carbocycles. The van der Waals surface area contributed by atoms with Crippen LogP contribution in [0.25, 0.3) is 0 Å². The summed E-state index contributed by atoms with van der Waals surface area (Å²) in [6.07, 6.45) is -3.55. The third-order valence-corrected chi connectivity index (χ3v) is 5.28. The average molecular weight is 422 g/mol. The van der Waals surface area contributed by atoms with Gasteiger partial charge in [0.2, 0.25) is 5.91 Å². The lowest BCUT2D eigenvalue weighted by atomic mass is 10.1. The van der Waals surface area contributed by atoms with Crippen LogP contribution in [0.15, 0.2) is 24.3 Å². The lowest BCUT2D eigenvalue weighted by molar-refractivity contribution is -0.139. The molecule has 1 aliphatic heterocycles. The summed E-state index contributed by atoms with van der Waals surface area (Å²) in [5, 5.41) is 7.23. The Balaban J connectivity index is 1.70. The quantitative estimate of drug-likeness (QED) is 0.775. The summed E-state index contributed by atoms with van der Waals surface area (Å²) in [6, 6.07) is 4.76. The monoisotopic (exact) mass is 422 g/mol. The number of hydrogen-bond acceptors (Lipinski definition) is 3. The highest BCUT2D eigenvalue weighted by atomic mass is 19.4. The summed E-state index contributed by atoms with van der Waals surface area (Å²) in [7, 11) is 0. The fourth-order valence-corrected chi connectivity index (χ4v) is 3.87. The van der Waals surface area contributed by atoms with Gasteiger partial charge in [-0.3, -0.25) is 14.3 Å². The van der Waals surface area contributed by atoms with Gasteiger partial charge in [-0.15, -0.1) is 0 Å². The van der Waals surface area contributed by atoms with E-state index in [0.717, 1.165) is 18.2 Å². The van der Waals surface area contributed by atoms with Crippen molar-refractivity contribution >= 4 is 11.8 Å². The molecule has 1 aromatic carbocycles. The maximum absolute atomic E-state index is 13.2. The molecule has 1 atom stereocenters. The van der Waals surface area contributed by atoms with Gasteiger partial charge in [0.15, 0.2) is 0 Å². The van der Waals surface area contributed by atoms with E-state index in [1.54, 1.807) is 11.6 Å². The van der Waals surface area contributed by atoms with E-state index < -0.39 is 17.8 Å². The molecule has 1 unspecified atom stereocenters. The predicted octanol–water partition coefficient (Wildman–Crippen LogP) is 3.46. The number of halogens is 3. The van der Waals surface area contributed by atoms with Crippen LogP contribution in [-0.2, 0) is 24.1 Å². The van der Waals surface area contributed by atoms with Crippen LogP contribution in [0, 0.1) is 13.8 Å². The molecule has 0 spiro atoms. The van der Waals surface area contributed by atoms with Gasteiger partial charge in [-0.25, -0.2) is 0 Å². The highest BCUT2D eigenvalue weighted by Gasteiger charge is 2.36. The summed E-state index contributed by atoms with van der Waals surface area (Å²) < 4.78 is 41.4. The number of rotatable bonds is 6. The molecule has 1 aromatic heterocycles. The second kappa shape index (κ2) is 8.49. The Morgan fingerprint density at radius 2 is 1.97 bits per heavy atom. The van der Waals surface area contributed by atoms with Crippen molar-refractivity contribution < 1.29 is 22.8 Å². The second-order valence-electron chi connectivity index (χ2n) is 7.57. The van der Waals surface area contributed by atoms with Crippen molar-refractivity contribution in [2.75, 3.05) is 6.54 Å². The minimum absolute atomic E-state index is 0.0397. The molecule has 1 saturated heterocycles. The standard InChI is InChI=1S/C21H25F3N4O2/c1-4-9-28-14(3)19(13(2)26-28)20(30)25-16-10-18(29)27(12-16)11-15-7-5-6-8-17(15)21(22,23)24/h5-8,16H,4,9-12H2,1-3H3,(H,25,30). The zero-order valence-corrected chi connectivity index (χ0v) is 17.2. The van der Waals surface area contributed by atoms with Gasteiger partial charge in [0.1, 0.15) is 0 Å². The van der Waals surface area contributed by atoms with Gasteiger partial charge in [0.25, 0.3) is 5.91 Å². The van der Waals surface area contributed by atoms with Crippen LogP contribution < -0.4 is 5.32 Å². The zero-order valence-electron chi connectivity index (χ0n) is 17.2. The number of alkyl halides is 3. The molecule has 2 aromatic rings. The van der Waals surface area contributed by atoms with Crippen LogP contribution in [0.2, 0.25) is 0 Å². The minimum atomic E-state index is -4.49. The molecule has 3 rings (SSSR count). The average Bonchev–Trinajstić information content (AvgIpc) is 3.13. The highest BCUT2D eigenvalue weighted by molar-refractivity contribution is 5.97. The fourth-order valence-electron chi connectivity index (χ4n) is 3.87. The molecule has 0 radical (unpaired) electrons. The number of likely N-dealkylation sites (tertiary alicyclic amines) is 1. The van der Waals surface area contributed by atoms with E-state index in [2.05, 4.69) is 10.4 Å². The van der Waals surface area contributed by atoms with Crippen LogP contribution in [0.4, 0.5) is 13.2 Å². The summed E-state index contributed by atoms with van der Waals surface area (Å²) in [5.41, 5.74) is 1.14. The first-order valence-corrected chi connectivity index (χ1v) is 9.89. The number of benzene rings is 1. The van der Waals surface area contributed by atoms with Gasteiger partial charge in [-0.2, -0.15) is 18.3 Å². The van der Waals surface area contributed by atoms with Crippen molar-refractivity contribution in [3.8, 4) is 0 Å². The van der Waals surface area contributed by atoms with E-state index in [1.807, 2.05) is 13.8 Å². The molecule has 162 valence electrons. The minimum Gasteiger partial charge on any atom is -0.347 e. The van der Waals surface area contributed by atoms with Crippen molar-refractivity contribution in [3.63, 3.8) is 0 Å². The molecule has 9 heteroatoms. The first kappa shape index (κ1) is 21.9. The molecule has 1 fully saturated rings. The van der Waals surface area contributed by atoms with Crippen molar-refractivity contribution in [2.45, 2.75) is 58.9 Å². The van der Waals surface area contributed by atoms with E-state index >= 15 is 0 Å². The number of nitrogens with zero attached hydrogens (tertiary/aromatic N) is 3. The van der Waals surface area contributed by atoms with Gasteiger partial charge in [-0.05, 0) is 31.9 Å². The number of amides is 2. The molecule has 2 heterocycles. The molecule has 0 saturated carbocycles. The third-order valence-electron chi connectivity index (χ3n) is 5.28.